The number of carbonyl (C=O) groups excluding carboxylic acids is 1. The zero-order valence-corrected chi connectivity index (χ0v) is 12.3. The van der Waals surface area contributed by atoms with Crippen LogP contribution in [-0.4, -0.2) is 11.3 Å². The molecule has 0 spiro atoms. The van der Waals surface area contributed by atoms with E-state index < -0.39 is 11.7 Å². The molecule has 2 rings (SSSR count). The van der Waals surface area contributed by atoms with Crippen molar-refractivity contribution in [3.63, 3.8) is 0 Å². The molecule has 0 unspecified atom stereocenters. The molecule has 1 N–H and O–H groups in total. The van der Waals surface area contributed by atoms with Gasteiger partial charge >= 0.3 is 6.18 Å². The third kappa shape index (κ3) is 3.57. The molecule has 3 nitrogen and oxygen atoms in total. The number of nitrogens with one attached hydrogen (secondary N) is 1. The van der Waals surface area contributed by atoms with Crippen molar-refractivity contribution in [3.05, 3.63) is 39.3 Å². The quantitative estimate of drug-likeness (QED) is 0.817. The number of carbonyl (C=O) groups is 1. The van der Waals surface area contributed by atoms with Gasteiger partial charge in [-0.1, -0.05) is 0 Å². The SMILES string of the molecule is O=CCc1csc(Nc2cc(C(F)(F)F)ccc2Br)n1. The van der Waals surface area contributed by atoms with Gasteiger partial charge in [-0.05, 0) is 34.1 Å². The van der Waals surface area contributed by atoms with Crippen LogP contribution in [0.3, 0.4) is 0 Å². The number of hydrogen-bond acceptors (Lipinski definition) is 4. The number of halogens is 4. The van der Waals surface area contributed by atoms with Gasteiger partial charge in [0.2, 0.25) is 0 Å². The molecule has 2 aromatic rings. The van der Waals surface area contributed by atoms with Crippen LogP contribution >= 0.6 is 27.3 Å². The van der Waals surface area contributed by atoms with Gasteiger partial charge < -0.3 is 10.1 Å². The Morgan fingerprint density at radius 3 is 2.80 bits per heavy atom. The number of hydrogen-bond donors (Lipinski definition) is 1. The van der Waals surface area contributed by atoms with E-state index >= 15 is 0 Å². The molecule has 1 heterocycles. The van der Waals surface area contributed by atoms with E-state index in [4.69, 9.17) is 0 Å². The van der Waals surface area contributed by atoms with E-state index in [9.17, 15) is 18.0 Å². The standard InChI is InChI=1S/C12H8BrF3N2OS/c13-9-2-1-7(12(14,15)16)5-10(9)18-11-17-8(3-4-19)6-20-11/h1-2,4-6H,3H2,(H,17,18). The summed E-state index contributed by atoms with van der Waals surface area (Å²) in [5.41, 5.74) is 0.107. The smallest absolute Gasteiger partial charge is 0.331 e. The van der Waals surface area contributed by atoms with Crippen LogP contribution in [0, 0.1) is 0 Å². The van der Waals surface area contributed by atoms with Crippen molar-refractivity contribution in [2.45, 2.75) is 12.6 Å². The fourth-order valence-corrected chi connectivity index (χ4v) is 2.54. The maximum absolute atomic E-state index is 12.6. The molecule has 0 aliphatic heterocycles. The highest BCUT2D eigenvalue weighted by atomic mass is 79.9. The van der Waals surface area contributed by atoms with E-state index in [1.165, 1.54) is 17.4 Å². The van der Waals surface area contributed by atoms with Gasteiger partial charge in [-0.25, -0.2) is 4.98 Å². The predicted molar refractivity (Wildman–Crippen MR) is 74.3 cm³/mol. The first-order valence-corrected chi connectivity index (χ1v) is 7.09. The number of anilines is 2. The summed E-state index contributed by atoms with van der Waals surface area (Å²) in [7, 11) is 0. The lowest BCUT2D eigenvalue weighted by Crippen LogP contribution is -2.05. The molecular formula is C12H8BrF3N2OS. The third-order valence-corrected chi connectivity index (χ3v) is 3.88. The molecule has 1 aromatic heterocycles. The van der Waals surface area contributed by atoms with E-state index in [0.29, 0.717) is 15.3 Å². The van der Waals surface area contributed by atoms with Crippen LogP contribution in [0.15, 0.2) is 28.1 Å². The Balaban J connectivity index is 2.25. The van der Waals surface area contributed by atoms with Crippen molar-refractivity contribution in [3.8, 4) is 0 Å². The van der Waals surface area contributed by atoms with Crippen molar-refractivity contribution in [2.75, 3.05) is 5.32 Å². The van der Waals surface area contributed by atoms with Crippen LogP contribution in [-0.2, 0) is 17.4 Å². The Hall–Kier alpha value is -1.41. The Kier molecular flexibility index (Phi) is 4.44. The molecule has 8 heteroatoms. The number of aldehydes is 1. The fraction of sp³-hybridized carbons (Fsp3) is 0.167. The zero-order chi connectivity index (χ0) is 14.8. The van der Waals surface area contributed by atoms with Crippen LogP contribution in [0.1, 0.15) is 11.3 Å². The number of thiazole rings is 1. The number of rotatable bonds is 4. The second-order valence-electron chi connectivity index (χ2n) is 3.83. The van der Waals surface area contributed by atoms with Crippen molar-refractivity contribution < 1.29 is 18.0 Å². The Bertz CT molecular complexity index is 627. The minimum Gasteiger partial charge on any atom is -0.331 e. The number of nitrogens with zero attached hydrogens (tertiary/aromatic N) is 1. The van der Waals surface area contributed by atoms with Gasteiger partial charge in [0.05, 0.1) is 16.9 Å². The second-order valence-corrected chi connectivity index (χ2v) is 5.54. The predicted octanol–water partition coefficient (Wildman–Crippen LogP) is 4.41. The molecular weight excluding hydrogens is 357 g/mol. The Morgan fingerprint density at radius 1 is 1.40 bits per heavy atom. The topological polar surface area (TPSA) is 42.0 Å². The summed E-state index contributed by atoms with van der Waals surface area (Å²) in [6, 6.07) is 3.32. The minimum absolute atomic E-state index is 0.182. The number of alkyl halides is 3. The van der Waals surface area contributed by atoms with Crippen molar-refractivity contribution in [1.82, 2.24) is 4.98 Å². The molecule has 106 valence electrons. The molecule has 0 aliphatic rings. The number of aromatic nitrogens is 1. The van der Waals surface area contributed by atoms with Crippen LogP contribution in [0.2, 0.25) is 0 Å². The molecule has 0 radical (unpaired) electrons. The van der Waals surface area contributed by atoms with Crippen molar-refractivity contribution >= 4 is 44.4 Å². The van der Waals surface area contributed by atoms with E-state index in [1.54, 1.807) is 5.38 Å². The van der Waals surface area contributed by atoms with Gasteiger partial charge in [0.25, 0.3) is 0 Å². The molecule has 0 bridgehead atoms. The molecule has 20 heavy (non-hydrogen) atoms. The summed E-state index contributed by atoms with van der Waals surface area (Å²) >= 11 is 4.41. The summed E-state index contributed by atoms with van der Waals surface area (Å²) in [5.74, 6) is 0. The lowest BCUT2D eigenvalue weighted by Gasteiger charge is -2.11. The van der Waals surface area contributed by atoms with Crippen LogP contribution in [0.4, 0.5) is 24.0 Å². The summed E-state index contributed by atoms with van der Waals surface area (Å²) in [6.45, 7) is 0. The molecule has 0 aliphatic carbocycles. The third-order valence-electron chi connectivity index (χ3n) is 2.38. The van der Waals surface area contributed by atoms with Gasteiger partial charge in [-0.15, -0.1) is 11.3 Å². The average Bonchev–Trinajstić information content (AvgIpc) is 2.78. The van der Waals surface area contributed by atoms with Gasteiger partial charge in [-0.3, -0.25) is 0 Å². The average molecular weight is 365 g/mol. The number of benzene rings is 1. The largest absolute Gasteiger partial charge is 0.416 e. The van der Waals surface area contributed by atoms with Gasteiger partial charge in [0.15, 0.2) is 5.13 Å². The van der Waals surface area contributed by atoms with E-state index in [1.807, 2.05) is 0 Å². The zero-order valence-electron chi connectivity index (χ0n) is 9.87. The lowest BCUT2D eigenvalue weighted by molar-refractivity contribution is -0.137. The molecule has 0 saturated heterocycles. The summed E-state index contributed by atoms with van der Waals surface area (Å²) < 4.78 is 38.4. The first-order valence-electron chi connectivity index (χ1n) is 5.42. The maximum Gasteiger partial charge on any atom is 0.416 e. The van der Waals surface area contributed by atoms with Crippen LogP contribution in [0.25, 0.3) is 0 Å². The maximum atomic E-state index is 12.6. The summed E-state index contributed by atoms with van der Waals surface area (Å²) in [5, 5.41) is 4.92. The van der Waals surface area contributed by atoms with Gasteiger partial charge in [-0.2, -0.15) is 13.2 Å². The van der Waals surface area contributed by atoms with E-state index in [2.05, 4.69) is 26.2 Å². The van der Waals surface area contributed by atoms with Crippen LogP contribution in [0.5, 0.6) is 0 Å². The normalized spacial score (nSPS) is 11.4. The van der Waals surface area contributed by atoms with Gasteiger partial charge in [0, 0.05) is 16.3 Å². The second kappa shape index (κ2) is 5.92. The highest BCUT2D eigenvalue weighted by Crippen LogP contribution is 2.35. The molecule has 0 atom stereocenters. The van der Waals surface area contributed by atoms with E-state index in [-0.39, 0.29) is 12.1 Å². The Morgan fingerprint density at radius 2 is 2.15 bits per heavy atom. The first-order chi connectivity index (χ1) is 9.40. The highest BCUT2D eigenvalue weighted by molar-refractivity contribution is 9.10. The minimum atomic E-state index is -4.40. The monoisotopic (exact) mass is 364 g/mol. The molecule has 0 fully saturated rings. The lowest BCUT2D eigenvalue weighted by atomic mass is 10.2. The summed E-state index contributed by atoms with van der Waals surface area (Å²) in [6.07, 6.45) is -3.50. The summed E-state index contributed by atoms with van der Waals surface area (Å²) in [4.78, 5) is 14.5. The van der Waals surface area contributed by atoms with E-state index in [0.717, 1.165) is 18.4 Å². The van der Waals surface area contributed by atoms with Crippen molar-refractivity contribution in [1.29, 1.82) is 0 Å². The first kappa shape index (κ1) is 15.0. The van der Waals surface area contributed by atoms with Crippen LogP contribution < -0.4 is 5.32 Å². The van der Waals surface area contributed by atoms with Gasteiger partial charge in [0.1, 0.15) is 6.29 Å². The highest BCUT2D eigenvalue weighted by Gasteiger charge is 2.31. The molecule has 0 saturated carbocycles. The molecule has 0 amide bonds. The molecule has 1 aromatic carbocycles. The van der Waals surface area contributed by atoms with Crippen molar-refractivity contribution in [2.24, 2.45) is 0 Å². The Labute approximate surface area is 125 Å². The fourth-order valence-electron chi connectivity index (χ4n) is 1.46.